The molecule has 1 aromatic heterocycles. The predicted molar refractivity (Wildman–Crippen MR) is 93.9 cm³/mol. The molecule has 2 aromatic rings. The van der Waals surface area contributed by atoms with Gasteiger partial charge in [-0.1, -0.05) is 12.1 Å². The Hall–Kier alpha value is -2.35. The quantitative estimate of drug-likeness (QED) is 0.602. The van der Waals surface area contributed by atoms with Gasteiger partial charge in [0.2, 0.25) is 0 Å². The van der Waals surface area contributed by atoms with Crippen molar-refractivity contribution >= 4 is 29.5 Å². The molecule has 0 saturated carbocycles. The lowest BCUT2D eigenvalue weighted by Crippen LogP contribution is -2.31. The largest absolute Gasteiger partial charge is 0.452 e. The number of rotatable bonds is 7. The summed E-state index contributed by atoms with van der Waals surface area (Å²) < 4.78 is 20.3. The Morgan fingerprint density at radius 2 is 2.00 bits per heavy atom. The number of aromatic nitrogens is 2. The number of hydrogen-bond donors (Lipinski definition) is 1. The van der Waals surface area contributed by atoms with E-state index >= 15 is 0 Å². The third-order valence-corrected chi connectivity index (χ3v) is 4.29. The molecule has 0 saturated heterocycles. The van der Waals surface area contributed by atoms with Gasteiger partial charge >= 0.3 is 5.97 Å². The number of hydrogen-bond acceptors (Lipinski definition) is 5. The van der Waals surface area contributed by atoms with Gasteiger partial charge in [0, 0.05) is 17.0 Å². The van der Waals surface area contributed by atoms with Crippen LogP contribution >= 0.6 is 11.8 Å². The van der Waals surface area contributed by atoms with Gasteiger partial charge in [-0.05, 0) is 32.9 Å². The molecule has 0 aliphatic rings. The Morgan fingerprint density at radius 3 is 2.68 bits per heavy atom. The van der Waals surface area contributed by atoms with Gasteiger partial charge in [-0.15, -0.1) is 11.8 Å². The van der Waals surface area contributed by atoms with Crippen LogP contribution in [0.5, 0.6) is 0 Å². The van der Waals surface area contributed by atoms with Crippen molar-refractivity contribution in [1.82, 2.24) is 9.78 Å². The molecule has 1 heterocycles. The van der Waals surface area contributed by atoms with E-state index in [1.165, 1.54) is 13.0 Å². The van der Waals surface area contributed by atoms with E-state index in [1.54, 1.807) is 35.1 Å². The number of thioether (sulfide) groups is 1. The maximum atomic E-state index is 13.5. The third-order valence-electron chi connectivity index (χ3n) is 3.27. The van der Waals surface area contributed by atoms with Crippen molar-refractivity contribution in [2.24, 2.45) is 0 Å². The van der Waals surface area contributed by atoms with Gasteiger partial charge in [0.15, 0.2) is 6.10 Å². The van der Waals surface area contributed by atoms with Crippen LogP contribution in [0, 0.1) is 5.82 Å². The molecule has 6 nitrogen and oxygen atoms in total. The molecule has 0 fully saturated rings. The van der Waals surface area contributed by atoms with E-state index in [-0.39, 0.29) is 11.8 Å². The van der Waals surface area contributed by atoms with E-state index < -0.39 is 23.8 Å². The molecule has 0 aliphatic carbocycles. The lowest BCUT2D eigenvalue weighted by atomic mass is 10.3. The van der Waals surface area contributed by atoms with Crippen LogP contribution in [0.3, 0.4) is 0 Å². The summed E-state index contributed by atoms with van der Waals surface area (Å²) in [5.41, 5.74) is 0. The van der Waals surface area contributed by atoms with Gasteiger partial charge in [0.05, 0.1) is 11.9 Å². The molecule has 0 bridgehead atoms. The molecule has 1 atom stereocenters. The van der Waals surface area contributed by atoms with Gasteiger partial charge in [0.1, 0.15) is 11.6 Å². The van der Waals surface area contributed by atoms with Crippen molar-refractivity contribution in [3.05, 3.63) is 42.3 Å². The second kappa shape index (κ2) is 8.66. The lowest BCUT2D eigenvalue weighted by molar-refractivity contribution is -0.150. The molecular formula is C17H20FN3O3S. The van der Waals surface area contributed by atoms with E-state index in [4.69, 9.17) is 4.74 Å². The SMILES string of the molecule is CC(C)n1nccc1NC(=O)[C@H](C)OC(=O)CSc1ccccc1F. The van der Waals surface area contributed by atoms with Crippen LogP contribution in [0.15, 0.2) is 41.4 Å². The van der Waals surface area contributed by atoms with Crippen LogP contribution in [-0.2, 0) is 14.3 Å². The minimum atomic E-state index is -0.968. The minimum absolute atomic E-state index is 0.0809. The second-order valence-corrected chi connectivity index (χ2v) is 6.61. The van der Waals surface area contributed by atoms with Crippen LogP contribution in [0.2, 0.25) is 0 Å². The van der Waals surface area contributed by atoms with Gasteiger partial charge in [-0.2, -0.15) is 5.10 Å². The number of carbonyl (C=O) groups excluding carboxylic acids is 2. The van der Waals surface area contributed by atoms with E-state index in [2.05, 4.69) is 10.4 Å². The molecule has 0 unspecified atom stereocenters. The first kappa shape index (κ1) is 19.0. The highest BCUT2D eigenvalue weighted by molar-refractivity contribution is 8.00. The van der Waals surface area contributed by atoms with Crippen molar-refractivity contribution < 1.29 is 18.7 Å². The molecule has 1 amide bonds. The zero-order chi connectivity index (χ0) is 18.4. The van der Waals surface area contributed by atoms with Crippen LogP contribution in [-0.4, -0.2) is 33.5 Å². The first-order chi connectivity index (χ1) is 11.9. The first-order valence-electron chi connectivity index (χ1n) is 7.79. The van der Waals surface area contributed by atoms with Crippen LogP contribution in [0.4, 0.5) is 10.2 Å². The van der Waals surface area contributed by atoms with Crippen molar-refractivity contribution in [3.8, 4) is 0 Å². The van der Waals surface area contributed by atoms with E-state index in [0.717, 1.165) is 11.8 Å². The number of nitrogens with one attached hydrogen (secondary N) is 1. The highest BCUT2D eigenvalue weighted by atomic mass is 32.2. The summed E-state index contributed by atoms with van der Waals surface area (Å²) in [5, 5.41) is 6.79. The molecule has 8 heteroatoms. The molecule has 0 aliphatic heterocycles. The van der Waals surface area contributed by atoms with E-state index in [0.29, 0.717) is 10.7 Å². The maximum absolute atomic E-state index is 13.5. The molecule has 25 heavy (non-hydrogen) atoms. The third kappa shape index (κ3) is 5.32. The van der Waals surface area contributed by atoms with Crippen molar-refractivity contribution in [1.29, 1.82) is 0 Å². The summed E-state index contributed by atoms with van der Waals surface area (Å²) in [7, 11) is 0. The number of ether oxygens (including phenoxy) is 1. The first-order valence-corrected chi connectivity index (χ1v) is 8.78. The monoisotopic (exact) mass is 365 g/mol. The molecule has 1 aromatic carbocycles. The van der Waals surface area contributed by atoms with Crippen LogP contribution < -0.4 is 5.32 Å². The van der Waals surface area contributed by atoms with Crippen LogP contribution in [0.1, 0.15) is 26.8 Å². The van der Waals surface area contributed by atoms with Crippen molar-refractivity contribution in [2.75, 3.05) is 11.1 Å². The van der Waals surface area contributed by atoms with Gasteiger partial charge in [-0.25, -0.2) is 9.07 Å². The molecule has 2 rings (SSSR count). The van der Waals surface area contributed by atoms with Gasteiger partial charge < -0.3 is 10.1 Å². The normalized spacial score (nSPS) is 12.0. The Kier molecular flexibility index (Phi) is 6.58. The zero-order valence-electron chi connectivity index (χ0n) is 14.2. The van der Waals surface area contributed by atoms with Crippen molar-refractivity contribution in [2.45, 2.75) is 37.8 Å². The second-order valence-electron chi connectivity index (χ2n) is 5.60. The maximum Gasteiger partial charge on any atom is 0.317 e. The lowest BCUT2D eigenvalue weighted by Gasteiger charge is -2.15. The topological polar surface area (TPSA) is 73.2 Å². The highest BCUT2D eigenvalue weighted by Gasteiger charge is 2.20. The molecule has 134 valence electrons. The number of benzene rings is 1. The fourth-order valence-electron chi connectivity index (χ4n) is 2.04. The average Bonchev–Trinajstić information content (AvgIpc) is 3.02. The summed E-state index contributed by atoms with van der Waals surface area (Å²) in [6, 6.07) is 7.91. The Labute approximate surface area is 149 Å². The number of carbonyl (C=O) groups is 2. The van der Waals surface area contributed by atoms with Gasteiger partial charge in [-0.3, -0.25) is 9.59 Å². The highest BCUT2D eigenvalue weighted by Crippen LogP contribution is 2.21. The van der Waals surface area contributed by atoms with E-state index in [1.807, 2.05) is 13.8 Å². The standard InChI is InChI=1S/C17H20FN3O3S/c1-11(2)21-15(8-9-19-21)20-17(23)12(3)24-16(22)10-25-14-7-5-4-6-13(14)18/h4-9,11-12H,10H2,1-3H3,(H,20,23)/t12-/m0/s1. The van der Waals surface area contributed by atoms with Crippen LogP contribution in [0.25, 0.3) is 0 Å². The fourth-order valence-corrected chi connectivity index (χ4v) is 2.76. The number of halogens is 1. The Bertz CT molecular complexity index is 748. The number of amides is 1. The summed E-state index contributed by atoms with van der Waals surface area (Å²) in [6.07, 6.45) is 0.612. The average molecular weight is 365 g/mol. The fraction of sp³-hybridized carbons (Fsp3) is 0.353. The minimum Gasteiger partial charge on any atom is -0.452 e. The summed E-state index contributed by atoms with van der Waals surface area (Å²) in [4.78, 5) is 24.4. The Morgan fingerprint density at radius 1 is 1.28 bits per heavy atom. The molecular weight excluding hydrogens is 345 g/mol. The summed E-state index contributed by atoms with van der Waals surface area (Å²) in [5.74, 6) is -0.987. The number of anilines is 1. The zero-order valence-corrected chi connectivity index (χ0v) is 15.0. The summed E-state index contributed by atoms with van der Waals surface area (Å²) >= 11 is 1.03. The number of esters is 1. The van der Waals surface area contributed by atoms with Crippen molar-refractivity contribution in [3.63, 3.8) is 0 Å². The molecule has 0 spiro atoms. The predicted octanol–water partition coefficient (Wildman–Crippen LogP) is 3.27. The molecule has 0 radical (unpaired) electrons. The Balaban J connectivity index is 1.85. The van der Waals surface area contributed by atoms with E-state index in [9.17, 15) is 14.0 Å². The smallest absolute Gasteiger partial charge is 0.317 e. The summed E-state index contributed by atoms with van der Waals surface area (Å²) in [6.45, 7) is 5.36. The number of nitrogens with zero attached hydrogens (tertiary/aromatic N) is 2. The molecule has 1 N–H and O–H groups in total. The van der Waals surface area contributed by atoms with Gasteiger partial charge in [0.25, 0.3) is 5.91 Å².